The summed E-state index contributed by atoms with van der Waals surface area (Å²) in [6.07, 6.45) is 2.16. The largest absolute Gasteiger partial charge is 0.390 e. The Hall–Kier alpha value is -0.900. The molecule has 0 aromatic heterocycles. The zero-order chi connectivity index (χ0) is 11.7. The molecule has 0 aliphatic carbocycles. The van der Waals surface area contributed by atoms with Gasteiger partial charge in [-0.25, -0.2) is 0 Å². The lowest BCUT2D eigenvalue weighted by molar-refractivity contribution is 0.0791. The SMILES string of the molecule is OC1CNCC1N1CCCc2ccccc2C1. The third kappa shape index (κ3) is 2.23. The lowest BCUT2D eigenvalue weighted by Gasteiger charge is -2.29. The molecule has 17 heavy (non-hydrogen) atoms. The molecule has 2 atom stereocenters. The van der Waals surface area contributed by atoms with E-state index in [-0.39, 0.29) is 6.10 Å². The molecule has 1 saturated heterocycles. The van der Waals surface area contributed by atoms with Gasteiger partial charge in [0.05, 0.1) is 6.10 Å². The van der Waals surface area contributed by atoms with E-state index >= 15 is 0 Å². The number of fused-ring (bicyclic) bond motifs is 1. The van der Waals surface area contributed by atoms with E-state index in [0.29, 0.717) is 6.04 Å². The second kappa shape index (κ2) is 4.77. The van der Waals surface area contributed by atoms with E-state index in [2.05, 4.69) is 34.5 Å². The summed E-state index contributed by atoms with van der Waals surface area (Å²) in [5.41, 5.74) is 2.92. The van der Waals surface area contributed by atoms with Crippen molar-refractivity contribution in [3.8, 4) is 0 Å². The quantitative estimate of drug-likeness (QED) is 0.750. The Bertz CT molecular complexity index is 394. The average molecular weight is 232 g/mol. The van der Waals surface area contributed by atoms with Crippen LogP contribution in [0.25, 0.3) is 0 Å². The third-order valence-electron chi connectivity index (χ3n) is 4.00. The van der Waals surface area contributed by atoms with Gasteiger partial charge in [0.15, 0.2) is 0 Å². The molecule has 0 bridgehead atoms. The van der Waals surface area contributed by atoms with Gasteiger partial charge in [0.25, 0.3) is 0 Å². The maximum Gasteiger partial charge on any atom is 0.0831 e. The minimum Gasteiger partial charge on any atom is -0.390 e. The van der Waals surface area contributed by atoms with Crippen molar-refractivity contribution in [2.24, 2.45) is 0 Å². The fourth-order valence-electron chi connectivity index (χ4n) is 3.03. The molecule has 2 N–H and O–H groups in total. The van der Waals surface area contributed by atoms with Gasteiger partial charge in [0.1, 0.15) is 0 Å². The summed E-state index contributed by atoms with van der Waals surface area (Å²) in [4.78, 5) is 2.44. The maximum absolute atomic E-state index is 9.98. The summed E-state index contributed by atoms with van der Waals surface area (Å²) in [6.45, 7) is 3.74. The van der Waals surface area contributed by atoms with Crippen molar-refractivity contribution in [2.45, 2.75) is 31.5 Å². The van der Waals surface area contributed by atoms with E-state index in [4.69, 9.17) is 0 Å². The van der Waals surface area contributed by atoms with Crippen LogP contribution in [-0.4, -0.2) is 41.8 Å². The molecule has 1 aromatic carbocycles. The molecule has 1 fully saturated rings. The molecule has 3 nitrogen and oxygen atoms in total. The van der Waals surface area contributed by atoms with Gasteiger partial charge in [-0.1, -0.05) is 24.3 Å². The molecule has 0 spiro atoms. The zero-order valence-electron chi connectivity index (χ0n) is 10.1. The normalized spacial score (nSPS) is 29.9. The van der Waals surface area contributed by atoms with Crippen LogP contribution in [0.1, 0.15) is 17.5 Å². The second-order valence-corrected chi connectivity index (χ2v) is 5.14. The van der Waals surface area contributed by atoms with Crippen LogP contribution in [0.2, 0.25) is 0 Å². The van der Waals surface area contributed by atoms with E-state index in [1.807, 2.05) is 0 Å². The number of nitrogens with zero attached hydrogens (tertiary/aromatic N) is 1. The van der Waals surface area contributed by atoms with E-state index in [1.54, 1.807) is 0 Å². The highest BCUT2D eigenvalue weighted by molar-refractivity contribution is 5.28. The van der Waals surface area contributed by atoms with Crippen LogP contribution in [-0.2, 0) is 13.0 Å². The highest BCUT2D eigenvalue weighted by atomic mass is 16.3. The smallest absolute Gasteiger partial charge is 0.0831 e. The van der Waals surface area contributed by atoms with Crippen LogP contribution in [0, 0.1) is 0 Å². The molecule has 3 heteroatoms. The summed E-state index contributed by atoms with van der Waals surface area (Å²) in [6, 6.07) is 9.00. The van der Waals surface area contributed by atoms with Crippen LogP contribution in [0.3, 0.4) is 0 Å². The number of hydrogen-bond donors (Lipinski definition) is 2. The zero-order valence-corrected chi connectivity index (χ0v) is 10.1. The molecular formula is C14H20N2O. The van der Waals surface area contributed by atoms with Gasteiger partial charge in [-0.15, -0.1) is 0 Å². The Morgan fingerprint density at radius 3 is 2.76 bits per heavy atom. The summed E-state index contributed by atoms with van der Waals surface area (Å²) in [5, 5.41) is 13.2. The number of aryl methyl sites for hydroxylation is 1. The first-order valence-electron chi connectivity index (χ1n) is 6.54. The molecule has 92 valence electrons. The highest BCUT2D eigenvalue weighted by Gasteiger charge is 2.31. The molecule has 0 saturated carbocycles. The second-order valence-electron chi connectivity index (χ2n) is 5.14. The lowest BCUT2D eigenvalue weighted by Crippen LogP contribution is -2.42. The van der Waals surface area contributed by atoms with E-state index < -0.39 is 0 Å². The number of aliphatic hydroxyl groups is 1. The Morgan fingerprint density at radius 1 is 1.18 bits per heavy atom. The van der Waals surface area contributed by atoms with Gasteiger partial charge in [0.2, 0.25) is 0 Å². The number of β-amino-alcohol motifs (C(OH)–C–C–N with tert-alkyl or cyclic N) is 1. The van der Waals surface area contributed by atoms with Crippen LogP contribution >= 0.6 is 0 Å². The van der Waals surface area contributed by atoms with Crippen molar-refractivity contribution in [3.05, 3.63) is 35.4 Å². The molecule has 0 radical (unpaired) electrons. The monoisotopic (exact) mass is 232 g/mol. The highest BCUT2D eigenvalue weighted by Crippen LogP contribution is 2.21. The van der Waals surface area contributed by atoms with Crippen molar-refractivity contribution in [1.29, 1.82) is 0 Å². The predicted octanol–water partition coefficient (Wildman–Crippen LogP) is 0.767. The number of benzene rings is 1. The molecule has 2 heterocycles. The maximum atomic E-state index is 9.98. The number of hydrogen-bond acceptors (Lipinski definition) is 3. The number of aliphatic hydroxyl groups excluding tert-OH is 1. The topological polar surface area (TPSA) is 35.5 Å². The lowest BCUT2D eigenvalue weighted by atomic mass is 10.0. The van der Waals surface area contributed by atoms with Crippen molar-refractivity contribution in [3.63, 3.8) is 0 Å². The van der Waals surface area contributed by atoms with Crippen LogP contribution < -0.4 is 5.32 Å². The molecule has 3 rings (SSSR count). The summed E-state index contributed by atoms with van der Waals surface area (Å²) in [7, 11) is 0. The van der Waals surface area contributed by atoms with E-state index in [0.717, 1.165) is 26.2 Å². The standard InChI is InChI=1S/C14H20N2O/c17-14-9-15-8-13(14)16-7-3-6-11-4-1-2-5-12(11)10-16/h1-2,4-5,13-15,17H,3,6-10H2. The number of nitrogens with one attached hydrogen (secondary N) is 1. The fourth-order valence-corrected chi connectivity index (χ4v) is 3.03. The first-order valence-corrected chi connectivity index (χ1v) is 6.54. The Labute approximate surface area is 102 Å². The van der Waals surface area contributed by atoms with Crippen molar-refractivity contribution in [1.82, 2.24) is 10.2 Å². The van der Waals surface area contributed by atoms with Crippen molar-refractivity contribution < 1.29 is 5.11 Å². The molecule has 1 aromatic rings. The van der Waals surface area contributed by atoms with Gasteiger partial charge in [-0.2, -0.15) is 0 Å². The minimum atomic E-state index is -0.208. The summed E-state index contributed by atoms with van der Waals surface area (Å²) in [5.74, 6) is 0. The molecule has 2 aliphatic heterocycles. The van der Waals surface area contributed by atoms with Crippen LogP contribution in [0.5, 0.6) is 0 Å². The van der Waals surface area contributed by atoms with Crippen molar-refractivity contribution in [2.75, 3.05) is 19.6 Å². The van der Waals surface area contributed by atoms with Gasteiger partial charge in [-0.05, 0) is 30.5 Å². The van der Waals surface area contributed by atoms with Gasteiger partial charge in [0, 0.05) is 25.7 Å². The number of rotatable bonds is 1. The minimum absolute atomic E-state index is 0.208. The van der Waals surface area contributed by atoms with Crippen LogP contribution in [0.15, 0.2) is 24.3 Å². The Kier molecular flexibility index (Phi) is 3.14. The molecule has 2 unspecified atom stereocenters. The fraction of sp³-hybridized carbons (Fsp3) is 0.571. The average Bonchev–Trinajstić information content (AvgIpc) is 2.65. The van der Waals surface area contributed by atoms with Gasteiger partial charge in [-0.3, -0.25) is 4.90 Å². The first kappa shape index (κ1) is 11.2. The van der Waals surface area contributed by atoms with Gasteiger partial charge >= 0.3 is 0 Å². The third-order valence-corrected chi connectivity index (χ3v) is 4.00. The predicted molar refractivity (Wildman–Crippen MR) is 67.8 cm³/mol. The summed E-state index contributed by atoms with van der Waals surface area (Å²) >= 11 is 0. The van der Waals surface area contributed by atoms with Crippen molar-refractivity contribution >= 4 is 0 Å². The first-order chi connectivity index (χ1) is 8.34. The Morgan fingerprint density at radius 2 is 2.00 bits per heavy atom. The van der Waals surface area contributed by atoms with E-state index in [1.165, 1.54) is 24.0 Å². The molecular weight excluding hydrogens is 212 g/mol. The van der Waals surface area contributed by atoms with E-state index in [9.17, 15) is 5.11 Å². The van der Waals surface area contributed by atoms with Gasteiger partial charge < -0.3 is 10.4 Å². The summed E-state index contributed by atoms with van der Waals surface area (Å²) < 4.78 is 0. The molecule has 0 amide bonds. The van der Waals surface area contributed by atoms with Crippen LogP contribution in [0.4, 0.5) is 0 Å². The molecule has 2 aliphatic rings. The Balaban J connectivity index is 1.80.